The number of likely N-dealkylation sites (tertiary alicyclic amines) is 2. The van der Waals surface area contributed by atoms with Crippen LogP contribution in [0, 0.1) is 18.3 Å². The normalized spacial score (nSPS) is 19.9. The molecule has 8 heteroatoms. The molecule has 35 heavy (non-hydrogen) atoms. The molecule has 4 heterocycles. The van der Waals surface area contributed by atoms with Crippen molar-refractivity contribution in [3.05, 3.63) is 77.2 Å². The number of imidazole rings is 1. The number of likely N-dealkylation sites (N-methyl/N-ethyl adjacent to an activating group) is 1. The van der Waals surface area contributed by atoms with Crippen LogP contribution >= 0.6 is 0 Å². The largest absolute Gasteiger partial charge is 0.340 e. The summed E-state index contributed by atoms with van der Waals surface area (Å²) < 4.78 is 3.47. The molecule has 176 valence electrons. The van der Waals surface area contributed by atoms with Gasteiger partial charge in [-0.25, -0.2) is 14.8 Å². The Morgan fingerprint density at radius 1 is 1.09 bits per heavy atom. The van der Waals surface area contributed by atoms with E-state index in [0.29, 0.717) is 18.4 Å². The second kappa shape index (κ2) is 8.69. The molecule has 2 atom stereocenters. The molecule has 6 rings (SSSR count). The Balaban J connectivity index is 1.24. The summed E-state index contributed by atoms with van der Waals surface area (Å²) in [6.07, 6.45) is 10.8. The van der Waals surface area contributed by atoms with Crippen molar-refractivity contribution >= 4 is 22.4 Å². The number of nitrogens with zero attached hydrogens (tertiary/aromatic N) is 6. The fraction of sp³-hybridized carbons (Fsp3) is 0.296. The average Bonchev–Trinajstić information content (AvgIpc) is 3.41. The molecular formula is C27H27N7O. The fourth-order valence-corrected chi connectivity index (χ4v) is 5.32. The van der Waals surface area contributed by atoms with E-state index < -0.39 is 0 Å². The van der Waals surface area contributed by atoms with Crippen LogP contribution in [-0.2, 0) is 6.54 Å². The van der Waals surface area contributed by atoms with E-state index in [2.05, 4.69) is 38.1 Å². The zero-order valence-corrected chi connectivity index (χ0v) is 19.6. The summed E-state index contributed by atoms with van der Waals surface area (Å²) in [6, 6.07) is 14.1. The summed E-state index contributed by atoms with van der Waals surface area (Å²) in [5.74, 6) is 4.10. The van der Waals surface area contributed by atoms with Crippen LogP contribution in [0.5, 0.6) is 0 Å². The van der Waals surface area contributed by atoms with E-state index in [9.17, 15) is 4.79 Å². The lowest BCUT2D eigenvalue weighted by Crippen LogP contribution is -2.52. The Morgan fingerprint density at radius 2 is 2.00 bits per heavy atom. The maximum absolute atomic E-state index is 13.2. The van der Waals surface area contributed by atoms with Gasteiger partial charge in [0, 0.05) is 73.7 Å². The first-order valence-electron chi connectivity index (χ1n) is 11.9. The minimum Gasteiger partial charge on any atom is -0.340 e. The van der Waals surface area contributed by atoms with Gasteiger partial charge in [0.1, 0.15) is 12.1 Å². The maximum atomic E-state index is 13.2. The fourth-order valence-electron chi connectivity index (χ4n) is 5.32. The number of fused-ring (bicyclic) bond motifs is 2. The number of aromatic nitrogens is 4. The molecule has 0 amide bonds. The van der Waals surface area contributed by atoms with E-state index in [4.69, 9.17) is 6.42 Å². The predicted molar refractivity (Wildman–Crippen MR) is 137 cm³/mol. The minimum absolute atomic E-state index is 0.0447. The SMILES string of the molecule is C#Cc1cccc(Nc2ncnc3ccc(-n4ccn(CCN5CC6CN(C)C6C5)c4=O)cc23)c1. The zero-order chi connectivity index (χ0) is 23.9. The van der Waals surface area contributed by atoms with Crippen molar-refractivity contribution in [1.29, 1.82) is 0 Å². The van der Waals surface area contributed by atoms with Gasteiger partial charge in [-0.2, -0.15) is 0 Å². The van der Waals surface area contributed by atoms with E-state index >= 15 is 0 Å². The van der Waals surface area contributed by atoms with Crippen LogP contribution in [0.3, 0.4) is 0 Å². The van der Waals surface area contributed by atoms with E-state index in [1.54, 1.807) is 9.13 Å². The number of benzene rings is 2. The molecule has 2 aliphatic rings. The van der Waals surface area contributed by atoms with Crippen LogP contribution < -0.4 is 11.0 Å². The third-order valence-corrected chi connectivity index (χ3v) is 7.26. The minimum atomic E-state index is -0.0447. The van der Waals surface area contributed by atoms with Gasteiger partial charge in [-0.1, -0.05) is 12.0 Å². The number of rotatable bonds is 6. The molecule has 1 N–H and O–H groups in total. The quantitative estimate of drug-likeness (QED) is 0.442. The van der Waals surface area contributed by atoms with Gasteiger partial charge >= 0.3 is 5.69 Å². The highest BCUT2D eigenvalue weighted by Gasteiger charge is 2.43. The third-order valence-electron chi connectivity index (χ3n) is 7.26. The maximum Gasteiger partial charge on any atom is 0.332 e. The first-order chi connectivity index (χ1) is 17.1. The third kappa shape index (κ3) is 3.99. The van der Waals surface area contributed by atoms with Crippen LogP contribution in [0.25, 0.3) is 16.6 Å². The number of hydrogen-bond acceptors (Lipinski definition) is 6. The van der Waals surface area contributed by atoms with Crippen molar-refractivity contribution in [3.8, 4) is 18.0 Å². The molecule has 0 aliphatic carbocycles. The summed E-state index contributed by atoms with van der Waals surface area (Å²) in [6.45, 7) is 5.00. The molecule has 2 aliphatic heterocycles. The lowest BCUT2D eigenvalue weighted by atomic mass is 9.93. The van der Waals surface area contributed by atoms with Gasteiger partial charge in [0.25, 0.3) is 0 Å². The van der Waals surface area contributed by atoms with E-state index in [0.717, 1.165) is 53.4 Å². The molecule has 0 spiro atoms. The lowest BCUT2D eigenvalue weighted by molar-refractivity contribution is 0.0825. The van der Waals surface area contributed by atoms with Gasteiger partial charge < -0.3 is 10.2 Å². The highest BCUT2D eigenvalue weighted by Crippen LogP contribution is 2.30. The van der Waals surface area contributed by atoms with Crippen molar-refractivity contribution in [2.45, 2.75) is 12.6 Å². The molecule has 4 aromatic rings. The molecule has 0 saturated carbocycles. The number of terminal acetylenes is 1. The van der Waals surface area contributed by atoms with Crippen molar-refractivity contribution in [1.82, 2.24) is 28.9 Å². The lowest BCUT2D eigenvalue weighted by Gasteiger charge is -2.40. The van der Waals surface area contributed by atoms with Crippen LogP contribution in [0.1, 0.15) is 5.56 Å². The summed E-state index contributed by atoms with van der Waals surface area (Å²) >= 11 is 0. The van der Waals surface area contributed by atoms with E-state index in [-0.39, 0.29) is 5.69 Å². The van der Waals surface area contributed by atoms with Crippen LogP contribution in [-0.4, -0.2) is 68.2 Å². The summed E-state index contributed by atoms with van der Waals surface area (Å²) in [5, 5.41) is 4.17. The van der Waals surface area contributed by atoms with Gasteiger partial charge in [0.05, 0.1) is 11.2 Å². The second-order valence-corrected chi connectivity index (χ2v) is 9.44. The molecule has 0 bridgehead atoms. The van der Waals surface area contributed by atoms with E-state index in [1.165, 1.54) is 12.9 Å². The van der Waals surface area contributed by atoms with Gasteiger partial charge in [-0.15, -0.1) is 6.42 Å². The highest BCUT2D eigenvalue weighted by molar-refractivity contribution is 5.92. The number of nitrogens with one attached hydrogen (secondary N) is 1. The van der Waals surface area contributed by atoms with Gasteiger partial charge in [-0.05, 0) is 43.4 Å². The van der Waals surface area contributed by atoms with Crippen molar-refractivity contribution in [2.75, 3.05) is 38.5 Å². The Hall–Kier alpha value is -3.93. The Morgan fingerprint density at radius 3 is 2.83 bits per heavy atom. The molecule has 8 nitrogen and oxygen atoms in total. The monoisotopic (exact) mass is 465 g/mol. The standard InChI is InChI=1S/C27H27N7O/c1-3-19-5-4-6-21(13-19)30-26-23-14-22(7-8-24(23)28-18-29-26)34-12-11-33(27(34)35)10-9-32-16-20-15-31(2)25(20)17-32/h1,4-8,11-14,18,20,25H,9-10,15-17H2,2H3,(H,28,29,30). The smallest absolute Gasteiger partial charge is 0.332 e. The molecule has 2 saturated heterocycles. The molecule has 0 radical (unpaired) electrons. The first kappa shape index (κ1) is 21.6. The number of anilines is 2. The number of hydrogen-bond donors (Lipinski definition) is 1. The topological polar surface area (TPSA) is 71.2 Å². The molecule has 2 aromatic heterocycles. The first-order valence-corrected chi connectivity index (χ1v) is 11.9. The van der Waals surface area contributed by atoms with Crippen molar-refractivity contribution in [3.63, 3.8) is 0 Å². The predicted octanol–water partition coefficient (Wildman–Crippen LogP) is 2.55. The summed E-state index contributed by atoms with van der Waals surface area (Å²) in [5.41, 5.74) is 3.15. The van der Waals surface area contributed by atoms with E-state index in [1.807, 2.05) is 54.9 Å². The average molecular weight is 466 g/mol. The summed E-state index contributed by atoms with van der Waals surface area (Å²) in [7, 11) is 2.19. The second-order valence-electron chi connectivity index (χ2n) is 9.44. The summed E-state index contributed by atoms with van der Waals surface area (Å²) in [4.78, 5) is 26.9. The molecule has 2 unspecified atom stereocenters. The highest BCUT2D eigenvalue weighted by atomic mass is 16.1. The van der Waals surface area contributed by atoms with Crippen molar-refractivity contribution in [2.24, 2.45) is 5.92 Å². The van der Waals surface area contributed by atoms with Gasteiger partial charge in [-0.3, -0.25) is 14.0 Å². The Kier molecular flexibility index (Phi) is 5.36. The zero-order valence-electron chi connectivity index (χ0n) is 19.6. The van der Waals surface area contributed by atoms with Crippen LogP contribution in [0.4, 0.5) is 11.5 Å². The Bertz CT molecular complexity index is 1500. The molecule has 2 aromatic carbocycles. The van der Waals surface area contributed by atoms with Crippen LogP contribution in [0.15, 0.2) is 66.0 Å². The molecule has 2 fully saturated rings. The Labute approximate surface area is 203 Å². The van der Waals surface area contributed by atoms with Crippen LogP contribution in [0.2, 0.25) is 0 Å². The van der Waals surface area contributed by atoms with Gasteiger partial charge in [0.2, 0.25) is 0 Å². The van der Waals surface area contributed by atoms with Gasteiger partial charge in [0.15, 0.2) is 0 Å². The van der Waals surface area contributed by atoms with Crippen molar-refractivity contribution < 1.29 is 0 Å². The molecular weight excluding hydrogens is 438 g/mol.